The van der Waals surface area contributed by atoms with Gasteiger partial charge in [-0.1, -0.05) is 11.8 Å². The quantitative estimate of drug-likeness (QED) is 0.710. The summed E-state index contributed by atoms with van der Waals surface area (Å²) in [6.07, 6.45) is 2.21. The largest absolute Gasteiger partial charge is 0.389 e. The Morgan fingerprint density at radius 2 is 2.30 bits per heavy atom. The Hall–Kier alpha value is -1.94. The summed E-state index contributed by atoms with van der Waals surface area (Å²) in [7, 11) is 3.07. The maximum Gasteiger partial charge on any atom is 0.255 e. The van der Waals surface area contributed by atoms with E-state index in [1.54, 1.807) is 13.1 Å². The van der Waals surface area contributed by atoms with Gasteiger partial charge in [0.05, 0.1) is 18.3 Å². The van der Waals surface area contributed by atoms with Crippen LogP contribution in [0.3, 0.4) is 0 Å². The number of pyridine rings is 1. The van der Waals surface area contributed by atoms with Crippen molar-refractivity contribution in [2.45, 2.75) is 6.10 Å². The van der Waals surface area contributed by atoms with Crippen molar-refractivity contribution in [2.24, 2.45) is 0 Å². The van der Waals surface area contributed by atoms with Gasteiger partial charge in [0.25, 0.3) is 5.91 Å². The average molecular weight is 278 g/mol. The fraction of sp³-hybridized carbons (Fsp3) is 0.429. The van der Waals surface area contributed by atoms with Crippen LogP contribution in [0.25, 0.3) is 0 Å². The molecule has 1 aromatic rings. The number of methoxy groups -OCH3 is 1. The van der Waals surface area contributed by atoms with Crippen molar-refractivity contribution in [2.75, 3.05) is 33.9 Å². The number of amides is 1. The van der Waals surface area contributed by atoms with E-state index >= 15 is 0 Å². The zero-order chi connectivity index (χ0) is 15.0. The minimum atomic E-state index is -0.737. The lowest BCUT2D eigenvalue weighted by molar-refractivity contribution is 0.0380. The maximum absolute atomic E-state index is 12.1. The molecule has 0 spiro atoms. The summed E-state index contributed by atoms with van der Waals surface area (Å²) in [6.45, 7) is 0.0817. The molecule has 6 heteroatoms. The molecule has 1 heterocycles. The van der Waals surface area contributed by atoms with Crippen LogP contribution < -0.4 is 0 Å². The highest BCUT2D eigenvalue weighted by atomic mass is 16.5. The fourth-order valence-corrected chi connectivity index (χ4v) is 1.63. The van der Waals surface area contributed by atoms with Crippen molar-refractivity contribution in [3.05, 3.63) is 29.6 Å². The lowest BCUT2D eigenvalue weighted by Gasteiger charge is -2.20. The molecule has 1 atom stereocenters. The first-order valence-corrected chi connectivity index (χ1v) is 6.05. The van der Waals surface area contributed by atoms with E-state index in [-0.39, 0.29) is 25.7 Å². The second kappa shape index (κ2) is 8.27. The molecule has 20 heavy (non-hydrogen) atoms. The Balaban J connectivity index is 2.76. The number of carbonyl (C=O) groups is 1. The number of hydrogen-bond donors (Lipinski definition) is 2. The molecule has 0 bridgehead atoms. The molecule has 0 radical (unpaired) electrons. The van der Waals surface area contributed by atoms with Gasteiger partial charge >= 0.3 is 0 Å². The Morgan fingerprint density at radius 1 is 1.55 bits per heavy atom. The monoisotopic (exact) mass is 278 g/mol. The number of aliphatic hydroxyl groups is 2. The summed E-state index contributed by atoms with van der Waals surface area (Å²) in [6, 6.07) is 1.59. The highest BCUT2D eigenvalue weighted by Gasteiger charge is 2.15. The number of ether oxygens (including phenoxy) is 1. The van der Waals surface area contributed by atoms with Gasteiger partial charge in [-0.05, 0) is 6.07 Å². The summed E-state index contributed by atoms with van der Waals surface area (Å²) in [5, 5.41) is 18.2. The molecule has 1 unspecified atom stereocenters. The van der Waals surface area contributed by atoms with Crippen molar-refractivity contribution >= 4 is 5.91 Å². The summed E-state index contributed by atoms with van der Waals surface area (Å²) in [5.41, 5.74) is 0.928. The van der Waals surface area contributed by atoms with Crippen LogP contribution in [0.15, 0.2) is 18.5 Å². The number of aromatic nitrogens is 1. The summed E-state index contributed by atoms with van der Waals surface area (Å²) in [4.78, 5) is 17.5. The van der Waals surface area contributed by atoms with Crippen LogP contribution in [-0.4, -0.2) is 66.0 Å². The third-order valence-corrected chi connectivity index (χ3v) is 2.49. The normalized spacial score (nSPS) is 11.4. The van der Waals surface area contributed by atoms with Crippen LogP contribution >= 0.6 is 0 Å². The van der Waals surface area contributed by atoms with Gasteiger partial charge in [-0.25, -0.2) is 0 Å². The first-order valence-electron chi connectivity index (χ1n) is 6.05. The van der Waals surface area contributed by atoms with Crippen molar-refractivity contribution < 1.29 is 19.7 Å². The first-order chi connectivity index (χ1) is 9.58. The Kier molecular flexibility index (Phi) is 6.67. The standard InChI is InChI=1S/C14H18N2O4/c1-16(9-13(18)10-20-2)14(19)12-6-11(4-3-5-17)7-15-8-12/h6-8,13,17-18H,5,9-10H2,1-2H3. The van der Waals surface area contributed by atoms with E-state index in [1.165, 1.54) is 24.4 Å². The van der Waals surface area contributed by atoms with E-state index in [9.17, 15) is 9.90 Å². The number of aliphatic hydroxyl groups excluding tert-OH is 2. The van der Waals surface area contributed by atoms with Crippen molar-refractivity contribution in [3.8, 4) is 11.8 Å². The molecule has 2 N–H and O–H groups in total. The molecule has 1 rings (SSSR count). The van der Waals surface area contributed by atoms with Crippen LogP contribution in [0.2, 0.25) is 0 Å². The SMILES string of the molecule is COCC(O)CN(C)C(=O)c1cncc(C#CCO)c1. The predicted molar refractivity (Wildman–Crippen MR) is 73.0 cm³/mol. The van der Waals surface area contributed by atoms with Crippen LogP contribution in [0.4, 0.5) is 0 Å². The van der Waals surface area contributed by atoms with Gasteiger partial charge < -0.3 is 19.8 Å². The smallest absolute Gasteiger partial charge is 0.255 e. The van der Waals surface area contributed by atoms with Gasteiger partial charge in [-0.15, -0.1) is 0 Å². The zero-order valence-electron chi connectivity index (χ0n) is 11.5. The average Bonchev–Trinajstić information content (AvgIpc) is 2.44. The fourth-order valence-electron chi connectivity index (χ4n) is 1.63. The lowest BCUT2D eigenvalue weighted by Crippen LogP contribution is -2.36. The first kappa shape index (κ1) is 16.1. The van der Waals surface area contributed by atoms with E-state index in [1.807, 2.05) is 0 Å². The van der Waals surface area contributed by atoms with Crippen molar-refractivity contribution in [1.82, 2.24) is 9.88 Å². The predicted octanol–water partition coefficient (Wildman–Crippen LogP) is -0.495. The van der Waals surface area contributed by atoms with E-state index < -0.39 is 6.10 Å². The van der Waals surface area contributed by atoms with Gasteiger partial charge in [-0.2, -0.15) is 0 Å². The molecule has 0 aliphatic rings. The molecular formula is C14H18N2O4. The molecule has 6 nitrogen and oxygen atoms in total. The lowest BCUT2D eigenvalue weighted by atomic mass is 10.2. The number of hydrogen-bond acceptors (Lipinski definition) is 5. The van der Waals surface area contributed by atoms with Gasteiger partial charge in [0.2, 0.25) is 0 Å². The summed E-state index contributed by atoms with van der Waals surface area (Å²) < 4.78 is 4.81. The van der Waals surface area contributed by atoms with E-state index in [4.69, 9.17) is 9.84 Å². The van der Waals surface area contributed by atoms with Crippen LogP contribution in [0.5, 0.6) is 0 Å². The van der Waals surface area contributed by atoms with Gasteiger partial charge in [0, 0.05) is 38.7 Å². The third kappa shape index (κ3) is 4.97. The highest BCUT2D eigenvalue weighted by molar-refractivity contribution is 5.94. The number of carbonyl (C=O) groups excluding carboxylic acids is 1. The van der Waals surface area contributed by atoms with E-state index in [0.29, 0.717) is 11.1 Å². The van der Waals surface area contributed by atoms with Crippen molar-refractivity contribution in [1.29, 1.82) is 0 Å². The zero-order valence-corrected chi connectivity index (χ0v) is 11.5. The van der Waals surface area contributed by atoms with Crippen LogP contribution in [-0.2, 0) is 4.74 Å². The van der Waals surface area contributed by atoms with Gasteiger partial charge in [0.1, 0.15) is 6.61 Å². The molecule has 0 aromatic carbocycles. The maximum atomic E-state index is 12.1. The van der Waals surface area contributed by atoms with Crippen LogP contribution in [0, 0.1) is 11.8 Å². The number of nitrogens with zero attached hydrogens (tertiary/aromatic N) is 2. The van der Waals surface area contributed by atoms with Gasteiger partial charge in [0.15, 0.2) is 0 Å². The second-order valence-electron chi connectivity index (χ2n) is 4.22. The Morgan fingerprint density at radius 3 is 2.95 bits per heavy atom. The molecule has 0 saturated heterocycles. The van der Waals surface area contributed by atoms with E-state index in [0.717, 1.165) is 0 Å². The Bertz CT molecular complexity index is 507. The number of rotatable bonds is 5. The van der Waals surface area contributed by atoms with Gasteiger partial charge in [-0.3, -0.25) is 9.78 Å². The molecule has 0 aliphatic carbocycles. The van der Waals surface area contributed by atoms with E-state index in [2.05, 4.69) is 16.8 Å². The molecule has 1 aromatic heterocycles. The minimum absolute atomic E-state index is 0.165. The third-order valence-electron chi connectivity index (χ3n) is 2.49. The molecule has 0 aliphatic heterocycles. The molecular weight excluding hydrogens is 260 g/mol. The molecule has 0 fully saturated rings. The second-order valence-corrected chi connectivity index (χ2v) is 4.22. The molecule has 108 valence electrons. The summed E-state index contributed by atoms with van der Waals surface area (Å²) in [5.74, 6) is 4.92. The topological polar surface area (TPSA) is 82.9 Å². The molecule has 1 amide bonds. The Labute approximate surface area is 118 Å². The molecule has 0 saturated carbocycles. The minimum Gasteiger partial charge on any atom is -0.389 e. The van der Waals surface area contributed by atoms with Crippen molar-refractivity contribution in [3.63, 3.8) is 0 Å². The number of likely N-dealkylation sites (N-methyl/N-ethyl adjacent to an activating group) is 1. The van der Waals surface area contributed by atoms with Crippen LogP contribution in [0.1, 0.15) is 15.9 Å². The highest BCUT2D eigenvalue weighted by Crippen LogP contribution is 2.05. The summed E-state index contributed by atoms with van der Waals surface area (Å²) >= 11 is 0.